The van der Waals surface area contributed by atoms with Gasteiger partial charge in [-0.05, 0) is 6.42 Å². The molecule has 0 aromatic carbocycles. The van der Waals surface area contributed by atoms with Crippen molar-refractivity contribution in [2.75, 3.05) is 6.54 Å². The lowest BCUT2D eigenvalue weighted by Crippen LogP contribution is -2.30. The monoisotopic (exact) mass is 222 g/mol. The first kappa shape index (κ1) is 10.4. The van der Waals surface area contributed by atoms with Crippen LogP contribution in [0.25, 0.3) is 10.5 Å². The molecule has 0 aliphatic rings. The molecule has 80 valence electrons. The summed E-state index contributed by atoms with van der Waals surface area (Å²) in [6.07, 6.45) is 4.33. The summed E-state index contributed by atoms with van der Waals surface area (Å²) in [7, 11) is 0. The van der Waals surface area contributed by atoms with Gasteiger partial charge in [-0.15, -0.1) is 0 Å². The molecule has 2 heterocycles. The van der Waals surface area contributed by atoms with Gasteiger partial charge in [0.25, 0.3) is 0 Å². The van der Waals surface area contributed by atoms with E-state index in [-0.39, 0.29) is 5.41 Å². The average Bonchev–Trinajstić information content (AvgIpc) is 2.72. The van der Waals surface area contributed by atoms with Crippen molar-refractivity contribution in [3.63, 3.8) is 0 Å². The molecule has 0 radical (unpaired) electrons. The van der Waals surface area contributed by atoms with E-state index in [0.717, 1.165) is 21.9 Å². The molecule has 1 unspecified atom stereocenters. The van der Waals surface area contributed by atoms with E-state index in [4.69, 9.17) is 5.73 Å². The van der Waals surface area contributed by atoms with E-state index < -0.39 is 0 Å². The second-order valence-corrected chi connectivity index (χ2v) is 4.80. The van der Waals surface area contributed by atoms with Crippen LogP contribution in [0.4, 0.5) is 0 Å². The molecule has 0 amide bonds. The van der Waals surface area contributed by atoms with Crippen molar-refractivity contribution in [1.29, 1.82) is 0 Å². The number of hydrogen-bond donors (Lipinski definition) is 1. The zero-order valence-electron chi connectivity index (χ0n) is 8.90. The molecule has 5 heteroatoms. The van der Waals surface area contributed by atoms with Crippen LogP contribution in [0.15, 0.2) is 12.4 Å². The van der Waals surface area contributed by atoms with Crippen LogP contribution in [0.3, 0.4) is 0 Å². The molecule has 0 aliphatic heterocycles. The zero-order valence-corrected chi connectivity index (χ0v) is 9.71. The molecular weight excluding hydrogens is 208 g/mol. The number of nitrogens with zero attached hydrogens (tertiary/aromatic N) is 3. The summed E-state index contributed by atoms with van der Waals surface area (Å²) >= 11 is 1.59. The minimum Gasteiger partial charge on any atom is -0.330 e. The smallest absolute Gasteiger partial charge is 0.189 e. The van der Waals surface area contributed by atoms with Crippen LogP contribution in [-0.4, -0.2) is 21.5 Å². The third-order valence-electron chi connectivity index (χ3n) is 2.79. The standard InChI is InChI=1S/C10H14N4S/c1-3-10(2,6-11)9-14-7-8(15-9)13-5-4-12-7/h4-5H,3,6,11H2,1-2H3. The molecule has 1 atom stereocenters. The van der Waals surface area contributed by atoms with Gasteiger partial charge in [0.15, 0.2) is 10.5 Å². The van der Waals surface area contributed by atoms with Gasteiger partial charge < -0.3 is 5.73 Å². The Balaban J connectivity index is 2.52. The fraction of sp³-hybridized carbons (Fsp3) is 0.500. The lowest BCUT2D eigenvalue weighted by molar-refractivity contribution is 0.465. The van der Waals surface area contributed by atoms with Gasteiger partial charge in [-0.1, -0.05) is 25.2 Å². The van der Waals surface area contributed by atoms with E-state index in [1.54, 1.807) is 23.7 Å². The molecule has 0 fully saturated rings. The van der Waals surface area contributed by atoms with Gasteiger partial charge in [-0.3, -0.25) is 0 Å². The van der Waals surface area contributed by atoms with Crippen molar-refractivity contribution >= 4 is 21.8 Å². The number of thiazole rings is 1. The van der Waals surface area contributed by atoms with Crippen molar-refractivity contribution in [1.82, 2.24) is 15.0 Å². The zero-order chi connectivity index (χ0) is 10.9. The van der Waals surface area contributed by atoms with E-state index in [0.29, 0.717) is 6.54 Å². The Bertz CT molecular complexity index is 428. The Hall–Kier alpha value is -1.07. The largest absolute Gasteiger partial charge is 0.330 e. The van der Waals surface area contributed by atoms with Gasteiger partial charge in [0, 0.05) is 24.4 Å². The lowest BCUT2D eigenvalue weighted by Gasteiger charge is -2.22. The van der Waals surface area contributed by atoms with Crippen LogP contribution in [0, 0.1) is 0 Å². The first-order valence-corrected chi connectivity index (χ1v) is 5.79. The summed E-state index contributed by atoms with van der Waals surface area (Å²) < 4.78 is 0. The van der Waals surface area contributed by atoms with Crippen LogP contribution in [0.2, 0.25) is 0 Å². The fourth-order valence-electron chi connectivity index (χ4n) is 1.32. The van der Waals surface area contributed by atoms with E-state index >= 15 is 0 Å². The lowest BCUT2D eigenvalue weighted by atomic mass is 9.89. The highest BCUT2D eigenvalue weighted by atomic mass is 32.1. The normalized spacial score (nSPS) is 15.4. The minimum absolute atomic E-state index is 0.0486. The highest BCUT2D eigenvalue weighted by molar-refractivity contribution is 7.18. The molecular formula is C10H14N4S. The molecule has 2 aromatic heterocycles. The maximum absolute atomic E-state index is 5.80. The van der Waals surface area contributed by atoms with E-state index in [1.165, 1.54) is 0 Å². The van der Waals surface area contributed by atoms with Crippen LogP contribution >= 0.6 is 11.3 Å². The summed E-state index contributed by atoms with van der Waals surface area (Å²) in [5.41, 5.74) is 6.48. The Morgan fingerprint density at radius 3 is 2.73 bits per heavy atom. The topological polar surface area (TPSA) is 64.7 Å². The summed E-state index contributed by atoms with van der Waals surface area (Å²) in [6, 6.07) is 0. The SMILES string of the molecule is CCC(C)(CN)c1nc2nccnc2s1. The summed E-state index contributed by atoms with van der Waals surface area (Å²) in [6.45, 7) is 4.85. The number of fused-ring (bicyclic) bond motifs is 1. The van der Waals surface area contributed by atoms with Gasteiger partial charge in [0.2, 0.25) is 0 Å². The highest BCUT2D eigenvalue weighted by Gasteiger charge is 2.27. The van der Waals surface area contributed by atoms with Crippen LogP contribution in [-0.2, 0) is 5.41 Å². The van der Waals surface area contributed by atoms with Crippen molar-refractivity contribution in [2.24, 2.45) is 5.73 Å². The van der Waals surface area contributed by atoms with Crippen LogP contribution < -0.4 is 5.73 Å². The summed E-state index contributed by atoms with van der Waals surface area (Å²) in [4.78, 5) is 13.8. The van der Waals surface area contributed by atoms with Crippen molar-refractivity contribution in [3.8, 4) is 0 Å². The quantitative estimate of drug-likeness (QED) is 0.858. The molecule has 2 N–H and O–H groups in total. The highest BCUT2D eigenvalue weighted by Crippen LogP contribution is 2.31. The predicted octanol–water partition coefficient (Wildman–Crippen LogP) is 1.71. The average molecular weight is 222 g/mol. The number of nitrogens with two attached hydrogens (primary N) is 1. The van der Waals surface area contributed by atoms with Crippen molar-refractivity contribution in [3.05, 3.63) is 17.4 Å². The van der Waals surface area contributed by atoms with E-state index in [9.17, 15) is 0 Å². The molecule has 15 heavy (non-hydrogen) atoms. The molecule has 2 rings (SSSR count). The molecule has 2 aromatic rings. The van der Waals surface area contributed by atoms with Crippen LogP contribution in [0.5, 0.6) is 0 Å². The summed E-state index contributed by atoms with van der Waals surface area (Å²) in [5, 5.41) is 1.04. The second kappa shape index (κ2) is 3.83. The first-order valence-electron chi connectivity index (χ1n) is 4.97. The van der Waals surface area contributed by atoms with Gasteiger partial charge >= 0.3 is 0 Å². The van der Waals surface area contributed by atoms with Gasteiger partial charge in [0.1, 0.15) is 5.01 Å². The predicted molar refractivity (Wildman–Crippen MR) is 61.9 cm³/mol. The third kappa shape index (κ3) is 1.72. The Morgan fingerprint density at radius 1 is 1.40 bits per heavy atom. The van der Waals surface area contributed by atoms with Crippen molar-refractivity contribution in [2.45, 2.75) is 25.7 Å². The van der Waals surface area contributed by atoms with Gasteiger partial charge in [-0.25, -0.2) is 15.0 Å². The number of aromatic nitrogens is 3. The van der Waals surface area contributed by atoms with Gasteiger partial charge in [-0.2, -0.15) is 0 Å². The second-order valence-electron chi connectivity index (χ2n) is 3.82. The molecule has 0 saturated carbocycles. The Kier molecular flexibility index (Phi) is 2.67. The molecule has 0 saturated heterocycles. The Morgan fingerprint density at radius 2 is 2.13 bits per heavy atom. The Labute approximate surface area is 92.6 Å². The minimum atomic E-state index is -0.0486. The molecule has 0 spiro atoms. The van der Waals surface area contributed by atoms with E-state index in [1.807, 2.05) is 0 Å². The molecule has 4 nitrogen and oxygen atoms in total. The molecule has 0 aliphatic carbocycles. The number of rotatable bonds is 3. The van der Waals surface area contributed by atoms with Crippen LogP contribution in [0.1, 0.15) is 25.3 Å². The maximum Gasteiger partial charge on any atom is 0.189 e. The summed E-state index contributed by atoms with van der Waals surface area (Å²) in [5.74, 6) is 0. The number of hydrogen-bond acceptors (Lipinski definition) is 5. The fourth-order valence-corrected chi connectivity index (χ4v) is 2.41. The third-order valence-corrected chi connectivity index (χ3v) is 4.05. The molecule has 0 bridgehead atoms. The van der Waals surface area contributed by atoms with E-state index in [2.05, 4.69) is 28.8 Å². The van der Waals surface area contributed by atoms with Crippen molar-refractivity contribution < 1.29 is 0 Å². The van der Waals surface area contributed by atoms with Gasteiger partial charge in [0.05, 0.1) is 0 Å². The first-order chi connectivity index (χ1) is 7.19. The maximum atomic E-state index is 5.80.